The van der Waals surface area contributed by atoms with E-state index >= 15 is 0 Å². The predicted octanol–water partition coefficient (Wildman–Crippen LogP) is 3.07. The fourth-order valence-corrected chi connectivity index (χ4v) is 1.60. The van der Waals surface area contributed by atoms with Gasteiger partial charge in [-0.3, -0.25) is 0 Å². The second-order valence-electron chi connectivity index (χ2n) is 4.31. The second kappa shape index (κ2) is 7.69. The van der Waals surface area contributed by atoms with Gasteiger partial charge in [0.15, 0.2) is 0 Å². The van der Waals surface area contributed by atoms with Crippen LogP contribution in [-0.2, 0) is 4.74 Å². The molecule has 1 heterocycles. The number of carbonyl (C=O) groups is 1. The molecule has 1 aromatic rings. The van der Waals surface area contributed by atoms with E-state index < -0.39 is 0 Å². The lowest BCUT2D eigenvalue weighted by Gasteiger charge is -2.11. The molecule has 1 aromatic heterocycles. The van der Waals surface area contributed by atoms with Crippen LogP contribution in [0.4, 0.5) is 0 Å². The lowest BCUT2D eigenvalue weighted by molar-refractivity contribution is 0.0525. The predicted molar refractivity (Wildman–Crippen MR) is 69.8 cm³/mol. The summed E-state index contributed by atoms with van der Waals surface area (Å²) in [6, 6.07) is 3.37. The minimum absolute atomic E-state index is 0.351. The Morgan fingerprint density at radius 3 is 2.72 bits per heavy atom. The minimum Gasteiger partial charge on any atom is -0.477 e. The zero-order valence-corrected chi connectivity index (χ0v) is 11.3. The van der Waals surface area contributed by atoms with Crippen molar-refractivity contribution in [2.45, 2.75) is 33.6 Å². The molecule has 0 saturated carbocycles. The van der Waals surface area contributed by atoms with Crippen molar-refractivity contribution in [3.8, 4) is 5.88 Å². The Morgan fingerprint density at radius 2 is 2.17 bits per heavy atom. The fourth-order valence-electron chi connectivity index (χ4n) is 1.60. The standard InChI is InChI=1S/C14H21NO3/c1-4-6-11(3)10-18-13-8-7-12(9-15-13)14(16)17-5-2/h7-9,11H,4-6,10H2,1-3H3. The highest BCUT2D eigenvalue weighted by molar-refractivity contribution is 5.89. The maximum atomic E-state index is 11.4. The summed E-state index contributed by atoms with van der Waals surface area (Å²) in [5.74, 6) is 0.712. The SMILES string of the molecule is CCCC(C)COc1ccc(C(=O)OCC)cn1. The molecule has 0 spiro atoms. The molecule has 1 unspecified atom stereocenters. The lowest BCUT2D eigenvalue weighted by Crippen LogP contribution is -2.10. The highest BCUT2D eigenvalue weighted by Crippen LogP contribution is 2.12. The molecule has 0 aliphatic rings. The number of hydrogen-bond acceptors (Lipinski definition) is 4. The monoisotopic (exact) mass is 251 g/mol. The Labute approximate surface area is 108 Å². The van der Waals surface area contributed by atoms with Crippen molar-refractivity contribution in [2.75, 3.05) is 13.2 Å². The number of ether oxygens (including phenoxy) is 2. The third kappa shape index (κ3) is 4.73. The van der Waals surface area contributed by atoms with Crippen molar-refractivity contribution in [3.63, 3.8) is 0 Å². The summed E-state index contributed by atoms with van der Waals surface area (Å²) in [6.45, 7) is 7.10. The van der Waals surface area contributed by atoms with E-state index in [2.05, 4.69) is 18.8 Å². The first kappa shape index (κ1) is 14.5. The summed E-state index contributed by atoms with van der Waals surface area (Å²) < 4.78 is 10.4. The molecule has 0 radical (unpaired) electrons. The summed E-state index contributed by atoms with van der Waals surface area (Å²) in [5.41, 5.74) is 0.450. The van der Waals surface area contributed by atoms with Gasteiger partial charge in [-0.15, -0.1) is 0 Å². The van der Waals surface area contributed by atoms with E-state index in [0.717, 1.165) is 12.8 Å². The molecule has 0 aliphatic heterocycles. The zero-order chi connectivity index (χ0) is 13.4. The molecular weight excluding hydrogens is 230 g/mol. The van der Waals surface area contributed by atoms with Crippen molar-refractivity contribution in [1.82, 2.24) is 4.98 Å². The first-order valence-corrected chi connectivity index (χ1v) is 6.43. The van der Waals surface area contributed by atoms with Crippen LogP contribution >= 0.6 is 0 Å². The number of hydrogen-bond donors (Lipinski definition) is 0. The van der Waals surface area contributed by atoms with Crippen LogP contribution in [0.2, 0.25) is 0 Å². The fraction of sp³-hybridized carbons (Fsp3) is 0.571. The Bertz CT molecular complexity index is 362. The largest absolute Gasteiger partial charge is 0.477 e. The average molecular weight is 251 g/mol. The highest BCUT2D eigenvalue weighted by Gasteiger charge is 2.07. The van der Waals surface area contributed by atoms with Crippen LogP contribution in [0.3, 0.4) is 0 Å². The van der Waals surface area contributed by atoms with E-state index in [4.69, 9.17) is 9.47 Å². The Morgan fingerprint density at radius 1 is 1.39 bits per heavy atom. The molecule has 0 amide bonds. The molecular formula is C14H21NO3. The number of carbonyl (C=O) groups excluding carboxylic acids is 1. The molecule has 4 heteroatoms. The van der Waals surface area contributed by atoms with Crippen LogP contribution in [-0.4, -0.2) is 24.2 Å². The molecule has 0 fully saturated rings. The van der Waals surface area contributed by atoms with Gasteiger partial charge in [0.25, 0.3) is 0 Å². The highest BCUT2D eigenvalue weighted by atomic mass is 16.5. The van der Waals surface area contributed by atoms with Gasteiger partial charge in [-0.25, -0.2) is 9.78 Å². The van der Waals surface area contributed by atoms with Gasteiger partial charge in [0.2, 0.25) is 5.88 Å². The normalized spacial score (nSPS) is 11.9. The van der Waals surface area contributed by atoms with Gasteiger partial charge < -0.3 is 9.47 Å². The number of rotatable bonds is 7. The molecule has 4 nitrogen and oxygen atoms in total. The van der Waals surface area contributed by atoms with E-state index in [-0.39, 0.29) is 5.97 Å². The first-order valence-electron chi connectivity index (χ1n) is 6.43. The Hall–Kier alpha value is -1.58. The van der Waals surface area contributed by atoms with Gasteiger partial charge in [0.1, 0.15) is 0 Å². The quantitative estimate of drug-likeness (QED) is 0.699. The molecule has 100 valence electrons. The number of esters is 1. The van der Waals surface area contributed by atoms with Crippen molar-refractivity contribution in [2.24, 2.45) is 5.92 Å². The topological polar surface area (TPSA) is 48.4 Å². The van der Waals surface area contributed by atoms with Crippen LogP contribution in [0.5, 0.6) is 5.88 Å². The van der Waals surface area contributed by atoms with Gasteiger partial charge in [0, 0.05) is 12.3 Å². The van der Waals surface area contributed by atoms with Gasteiger partial charge in [0.05, 0.1) is 18.8 Å². The summed E-state index contributed by atoms with van der Waals surface area (Å²) in [5, 5.41) is 0. The van der Waals surface area contributed by atoms with Gasteiger partial charge in [-0.05, 0) is 25.3 Å². The summed E-state index contributed by atoms with van der Waals surface area (Å²) in [4.78, 5) is 15.5. The van der Waals surface area contributed by atoms with Crippen LogP contribution < -0.4 is 4.74 Å². The van der Waals surface area contributed by atoms with Gasteiger partial charge in [-0.2, -0.15) is 0 Å². The third-order valence-electron chi connectivity index (χ3n) is 2.54. The van der Waals surface area contributed by atoms with Crippen molar-refractivity contribution < 1.29 is 14.3 Å². The van der Waals surface area contributed by atoms with E-state index in [1.165, 1.54) is 6.20 Å². The van der Waals surface area contributed by atoms with Crippen molar-refractivity contribution in [1.29, 1.82) is 0 Å². The minimum atomic E-state index is -0.351. The molecule has 18 heavy (non-hydrogen) atoms. The lowest BCUT2D eigenvalue weighted by atomic mass is 10.1. The molecule has 0 bridgehead atoms. The van der Waals surface area contributed by atoms with E-state index in [0.29, 0.717) is 30.6 Å². The van der Waals surface area contributed by atoms with E-state index in [1.807, 2.05) is 0 Å². The Balaban J connectivity index is 2.47. The molecule has 1 atom stereocenters. The third-order valence-corrected chi connectivity index (χ3v) is 2.54. The van der Waals surface area contributed by atoms with Gasteiger partial charge >= 0.3 is 5.97 Å². The second-order valence-corrected chi connectivity index (χ2v) is 4.31. The average Bonchev–Trinajstić information content (AvgIpc) is 2.37. The number of nitrogens with zero attached hydrogens (tertiary/aromatic N) is 1. The molecule has 1 rings (SSSR count). The van der Waals surface area contributed by atoms with Crippen LogP contribution in [0.15, 0.2) is 18.3 Å². The smallest absolute Gasteiger partial charge is 0.339 e. The summed E-state index contributed by atoms with van der Waals surface area (Å²) in [6.07, 6.45) is 3.78. The van der Waals surface area contributed by atoms with E-state index in [1.54, 1.807) is 19.1 Å². The number of pyridine rings is 1. The molecule has 0 aromatic carbocycles. The van der Waals surface area contributed by atoms with Crippen LogP contribution in [0.1, 0.15) is 44.0 Å². The maximum absolute atomic E-state index is 11.4. The summed E-state index contributed by atoms with van der Waals surface area (Å²) >= 11 is 0. The van der Waals surface area contributed by atoms with E-state index in [9.17, 15) is 4.79 Å². The van der Waals surface area contributed by atoms with Crippen LogP contribution in [0, 0.1) is 5.92 Å². The maximum Gasteiger partial charge on any atom is 0.339 e. The first-order chi connectivity index (χ1) is 8.67. The molecule has 0 saturated heterocycles. The summed E-state index contributed by atoms with van der Waals surface area (Å²) in [7, 11) is 0. The van der Waals surface area contributed by atoms with Gasteiger partial charge in [-0.1, -0.05) is 20.3 Å². The number of aromatic nitrogens is 1. The Kier molecular flexibility index (Phi) is 6.19. The van der Waals surface area contributed by atoms with Crippen LogP contribution in [0.25, 0.3) is 0 Å². The molecule has 0 aliphatic carbocycles. The van der Waals surface area contributed by atoms with Crippen molar-refractivity contribution >= 4 is 5.97 Å². The zero-order valence-electron chi connectivity index (χ0n) is 11.3. The van der Waals surface area contributed by atoms with Crippen molar-refractivity contribution in [3.05, 3.63) is 23.9 Å². The molecule has 0 N–H and O–H groups in total.